The van der Waals surface area contributed by atoms with Gasteiger partial charge in [0.05, 0.1) is 37.8 Å². The van der Waals surface area contributed by atoms with Crippen molar-refractivity contribution in [2.45, 2.75) is 234 Å². The molecule has 6 aromatic rings. The zero-order valence-corrected chi connectivity index (χ0v) is 79.1. The number of hydrogen-bond acceptors (Lipinski definition) is 24. The largest absolute Gasteiger partial charge is 0.508 e. The number of nitrogens with zero attached hydrogens (tertiary/aromatic N) is 6. The van der Waals surface area contributed by atoms with Crippen LogP contribution in [0.3, 0.4) is 0 Å². The molecule has 6 heterocycles. The Labute approximate surface area is 794 Å². The van der Waals surface area contributed by atoms with Gasteiger partial charge in [-0.3, -0.25) is 86.9 Å². The minimum atomic E-state index is -1.89. The van der Waals surface area contributed by atoms with Crippen LogP contribution < -0.4 is 75.7 Å². The van der Waals surface area contributed by atoms with E-state index in [0.717, 1.165) is 41.0 Å². The van der Waals surface area contributed by atoms with Crippen LogP contribution in [0, 0.1) is 11.3 Å². The van der Waals surface area contributed by atoms with Gasteiger partial charge in [-0.25, -0.2) is 4.98 Å². The smallest absolute Gasteiger partial charge is 0.246 e. The number of likely N-dealkylation sites (N-methyl/N-ethyl adjacent to an activating group) is 3. The summed E-state index contributed by atoms with van der Waals surface area (Å²) >= 11 is 2.12. The Morgan fingerprint density at radius 2 is 1.15 bits per heavy atom. The van der Waals surface area contributed by atoms with Crippen LogP contribution >= 0.6 is 23.1 Å². The summed E-state index contributed by atoms with van der Waals surface area (Å²) in [4.78, 5) is 266. The Morgan fingerprint density at radius 3 is 1.82 bits per heavy atom. The maximum Gasteiger partial charge on any atom is 0.246 e. The molecule has 0 unspecified atom stereocenters. The second-order valence-electron chi connectivity index (χ2n) is 34.9. The highest BCUT2D eigenvalue weighted by atomic mass is 32.2. The van der Waals surface area contributed by atoms with Gasteiger partial charge in [0.1, 0.15) is 90.3 Å². The quantitative estimate of drug-likeness (QED) is 0.0156. The number of aliphatic hydroxyl groups excluding tert-OH is 2. The second-order valence-corrected chi connectivity index (χ2v) is 36.8. The molecule has 136 heavy (non-hydrogen) atoms. The number of aromatic hydroxyl groups is 1. The number of thiophene rings is 1. The summed E-state index contributed by atoms with van der Waals surface area (Å²) in [6.45, 7) is 6.03. The van der Waals surface area contributed by atoms with E-state index in [4.69, 9.17) is 22.6 Å². The number of phenolic OH excluding ortho intramolecular Hbond substituents is 1. The van der Waals surface area contributed by atoms with Crippen molar-refractivity contribution >= 4 is 150 Å². The molecule has 3 aliphatic heterocycles. The van der Waals surface area contributed by atoms with Crippen LogP contribution in [-0.4, -0.2) is 317 Å². The van der Waals surface area contributed by atoms with Gasteiger partial charge in [0.2, 0.25) is 100 Å². The normalized spacial score (nSPS) is 24.7. The summed E-state index contributed by atoms with van der Waals surface area (Å²) in [5.41, 5.74) is 19.2. The van der Waals surface area contributed by atoms with E-state index in [1.165, 1.54) is 76.2 Å². The molecule has 9 rings (SSSR count). The summed E-state index contributed by atoms with van der Waals surface area (Å²) in [6, 6.07) is -2.01. The second kappa shape index (κ2) is 50.9. The number of unbranched alkanes of at least 4 members (excludes halogenated alkanes) is 2. The van der Waals surface area contributed by atoms with Crippen LogP contribution in [0.25, 0.3) is 21.0 Å². The highest BCUT2D eigenvalue weighted by Gasteiger charge is 2.47. The summed E-state index contributed by atoms with van der Waals surface area (Å²) in [7, 11) is 3.96. The number of nitrogens with one attached hydrogen (secondary N) is 14. The van der Waals surface area contributed by atoms with Crippen molar-refractivity contribution < 1.29 is 96.8 Å². The number of aromatic amines is 2. The van der Waals surface area contributed by atoms with Crippen molar-refractivity contribution in [1.82, 2.24) is 97.9 Å². The number of aliphatic hydroxyl groups is 2. The summed E-state index contributed by atoms with van der Waals surface area (Å²) < 4.78 is 0.808. The number of primary amides is 2. The molecule has 15 atom stereocenters. The molecular formula is C91H127N23O20S2. The van der Waals surface area contributed by atoms with Crippen LogP contribution in [0.15, 0.2) is 96.9 Å². The first-order chi connectivity index (χ1) is 64.8. The fraction of sp³-hybridized carbons (Fsp3) is 0.527. The van der Waals surface area contributed by atoms with Crippen LogP contribution in [0.1, 0.15) is 140 Å². The molecule has 0 spiro atoms. The molecular weight excluding hydrogens is 1800 g/mol. The van der Waals surface area contributed by atoms with E-state index in [2.05, 4.69) is 73.4 Å². The van der Waals surface area contributed by atoms with Crippen LogP contribution in [0.5, 0.6) is 5.75 Å². The van der Waals surface area contributed by atoms with Gasteiger partial charge in [-0.2, -0.15) is 0 Å². The molecule has 3 aromatic carbocycles. The first-order valence-corrected chi connectivity index (χ1v) is 47.5. The number of fused-ring (bicyclic) bond motifs is 4. The number of rotatable bonds is 26. The SMILES string of the molecule is CCCC[C@H]1C(=O)N(C)[C@@H](CCCC)C(=O)N[C@@H](CCCNC(=N)N)C(=O)N[C@H](C(=O)NCC(N)=O)CSCC(=O)N[C@@H](Cc2ccc(O)cc2)C(=O)N(C)[C@@H](C)C(=O)N[C@H](Cc2cnc[nH]2)C(=O)N2CCC[C@H]2C(=O)N[C@@H](CC(N)=O)C(=O)N[C@@H](CC(C)C)C(=O)N2C[C@H](O)C[C@H]2C(=O)N[C@@H](Cc2c[nH]c3ccccc23)C(=O)N[C@@H](CO)C(=O)N[C@@H](Cc2csc3ccccc23)C(=O)N1C. The average Bonchev–Trinajstić information content (AvgIpc) is 1.57. The number of aromatic nitrogens is 3. The van der Waals surface area contributed by atoms with Crippen molar-refractivity contribution in [2.24, 2.45) is 23.1 Å². The summed E-state index contributed by atoms with van der Waals surface area (Å²) in [5, 5.41) is 72.9. The lowest BCUT2D eigenvalue weighted by molar-refractivity contribution is -0.149. The van der Waals surface area contributed by atoms with E-state index in [1.54, 1.807) is 55.8 Å². The lowest BCUT2D eigenvalue weighted by Gasteiger charge is -2.36. The lowest BCUT2D eigenvalue weighted by Crippen LogP contribution is -2.62. The maximum absolute atomic E-state index is 15.8. The third-order valence-corrected chi connectivity index (χ3v) is 26.3. The zero-order chi connectivity index (χ0) is 99.3. The van der Waals surface area contributed by atoms with Crippen molar-refractivity contribution in [3.63, 3.8) is 0 Å². The lowest BCUT2D eigenvalue weighted by atomic mass is 10.00. The Morgan fingerprint density at radius 1 is 0.574 bits per heavy atom. The zero-order valence-electron chi connectivity index (χ0n) is 77.5. The fourth-order valence-corrected chi connectivity index (χ4v) is 18.5. The van der Waals surface area contributed by atoms with E-state index in [-0.39, 0.29) is 89.5 Å². The van der Waals surface area contributed by atoms with Gasteiger partial charge in [-0.15, -0.1) is 23.1 Å². The summed E-state index contributed by atoms with van der Waals surface area (Å²) in [6.07, 6.45) is 2.04. The van der Waals surface area contributed by atoms with Crippen LogP contribution in [-0.2, 0) is 107 Å². The molecule has 0 radical (unpaired) electrons. The van der Waals surface area contributed by atoms with Gasteiger partial charge in [-0.1, -0.05) is 102 Å². The van der Waals surface area contributed by atoms with E-state index in [9.17, 15) is 58.5 Å². The molecule has 0 saturated carbocycles. The van der Waals surface area contributed by atoms with Crippen LogP contribution in [0.2, 0.25) is 0 Å². The van der Waals surface area contributed by atoms with Gasteiger partial charge >= 0.3 is 0 Å². The Balaban J connectivity index is 1.10. The molecule has 0 aliphatic carbocycles. The van der Waals surface area contributed by atoms with Gasteiger partial charge in [0.15, 0.2) is 5.96 Å². The minimum absolute atomic E-state index is 0.00686. The van der Waals surface area contributed by atoms with Gasteiger partial charge < -0.3 is 125 Å². The number of amides is 17. The third kappa shape index (κ3) is 29.6. The number of phenols is 1. The summed E-state index contributed by atoms with van der Waals surface area (Å²) in [5.74, 6) is -18.0. The standard InChI is InChI=1S/C91H127N23O20S2/c1-9-11-23-69-83(127)102-60(22-17-31-97-91(94)95)79(123)109-68(78(122)99-42-75(93)119)46-135-47-76(120)101-64(34-51-27-29-55(116)30-28-51)86(130)110(6)50(5)77(121)105-66(37-54-41-96-48-100-54)88(132)113-32-18-25-70(113)84(128)104-62(39-74(92)118)81(125)106-63(33-49(3)4)89(133)114-43-56(117)38-72(114)85(129)103-61(35-52-40-98-59-21-15-13-19-57(52)59)80(124)108-67(44-115)82(126)107-65(36-53-45-136-73-26-16-14-20-58(53)73)87(131)112(8)71(24-12-10-2)90(134)111(69)7/h13-16,19-21,26-30,40-41,45,48-50,56,60-72,98,115-117H,9-12,17-18,22-25,31-39,42-44,46-47H2,1-8H3,(H2,92,118)(H2,93,119)(H,96,100)(H,99,122)(H,101,120)(H,102,127)(H,103,129)(H,104,128)(H,105,121)(H,106,125)(H,107,126)(H,108,124)(H,109,123)(H4,94,95,97)/t50-,56+,60-,61-,62-,63-,64-,65-,66+,67-,68-,69-,70-,71-,72-/m0/s1. The van der Waals surface area contributed by atoms with Gasteiger partial charge in [0.25, 0.3) is 0 Å². The predicted molar refractivity (Wildman–Crippen MR) is 503 cm³/mol. The maximum atomic E-state index is 15.8. The van der Waals surface area contributed by atoms with Crippen molar-refractivity contribution in [2.75, 3.05) is 65.4 Å². The number of H-pyrrole nitrogens is 2. The molecule has 3 saturated heterocycles. The number of carbonyl (C=O) groups is 17. The molecule has 17 amide bonds. The number of guanidine groups is 1. The average molecular weight is 1930 g/mol. The number of hydrogen-bond donors (Lipinski definition) is 20. The molecule has 3 aromatic heterocycles. The van der Waals surface area contributed by atoms with Gasteiger partial charge in [-0.05, 0) is 110 Å². The van der Waals surface area contributed by atoms with Crippen LogP contribution in [0.4, 0.5) is 0 Å². The highest BCUT2D eigenvalue weighted by Crippen LogP contribution is 2.30. The van der Waals surface area contributed by atoms with E-state index >= 15 is 38.4 Å². The Bertz CT molecular complexity index is 5250. The molecule has 3 aliphatic rings. The Hall–Kier alpha value is -13.3. The molecule has 0 bridgehead atoms. The monoisotopic (exact) mass is 1930 g/mol. The van der Waals surface area contributed by atoms with E-state index in [0.29, 0.717) is 64.4 Å². The van der Waals surface area contributed by atoms with E-state index in [1.807, 2.05) is 32.0 Å². The first-order valence-electron chi connectivity index (χ1n) is 45.5. The van der Waals surface area contributed by atoms with Crippen molar-refractivity contribution in [3.05, 3.63) is 119 Å². The number of nitrogens with two attached hydrogens (primary N) is 3. The number of thioether (sulfide) groups is 1. The molecule has 23 N–H and O–H groups in total. The molecule has 45 heteroatoms. The third-order valence-electron chi connectivity index (χ3n) is 24.2. The number of imidazole rings is 1. The van der Waals surface area contributed by atoms with E-state index < -0.39 is 247 Å². The first kappa shape index (κ1) is 106. The van der Waals surface area contributed by atoms with Crippen molar-refractivity contribution in [1.29, 1.82) is 5.41 Å². The minimum Gasteiger partial charge on any atom is -0.508 e. The van der Waals surface area contributed by atoms with Gasteiger partial charge in [0, 0.05) is 112 Å². The fourth-order valence-electron chi connectivity index (χ4n) is 16.7. The molecule has 738 valence electrons. The number of carbonyl (C=O) groups excluding carboxylic acids is 17. The number of benzene rings is 3. The Kier molecular flexibility index (Phi) is 39.8. The predicted octanol–water partition coefficient (Wildman–Crippen LogP) is -2.20. The molecule has 43 nitrogen and oxygen atoms in total. The highest BCUT2D eigenvalue weighted by molar-refractivity contribution is 8.00. The molecule has 3 fully saturated rings. The topological polar surface area (TPSA) is 646 Å². The number of para-hydroxylation sites is 1. The van der Waals surface area contributed by atoms with Crippen molar-refractivity contribution in [3.8, 4) is 5.75 Å².